The molecule has 1 aromatic rings. The Bertz CT molecular complexity index is 425. The molecule has 0 spiro atoms. The average Bonchev–Trinajstić information content (AvgIpc) is 2.33. The zero-order valence-electron chi connectivity index (χ0n) is 11.0. The van der Waals surface area contributed by atoms with Crippen LogP contribution in [0.25, 0.3) is 0 Å². The molecule has 7 heteroatoms. The van der Waals surface area contributed by atoms with Crippen molar-refractivity contribution in [3.8, 4) is 5.75 Å². The van der Waals surface area contributed by atoms with E-state index >= 15 is 0 Å². The van der Waals surface area contributed by atoms with E-state index in [1.165, 1.54) is 0 Å². The molecule has 0 amide bonds. The van der Waals surface area contributed by atoms with E-state index < -0.39 is 12.8 Å². The van der Waals surface area contributed by atoms with Gasteiger partial charge in [0.05, 0.1) is 13.2 Å². The molecule has 1 atom stereocenters. The highest BCUT2D eigenvalue weighted by Crippen LogP contribution is 2.27. The van der Waals surface area contributed by atoms with E-state index in [1.54, 1.807) is 25.1 Å². The topological polar surface area (TPSA) is 44.5 Å². The third-order valence-electron chi connectivity index (χ3n) is 2.42. The standard InChI is InChI=1S/C13H17ClF3NO2/c1-9(18)11-7-10(14)3-4-12(11)20-6-2-5-19-8-13(15,16)17/h3-4,7,9H,2,5-6,8,18H2,1H3. The van der Waals surface area contributed by atoms with Crippen molar-refractivity contribution in [1.29, 1.82) is 0 Å². The molecule has 0 saturated carbocycles. The third-order valence-corrected chi connectivity index (χ3v) is 2.65. The Balaban J connectivity index is 2.35. The minimum Gasteiger partial charge on any atom is -0.493 e. The smallest absolute Gasteiger partial charge is 0.411 e. The van der Waals surface area contributed by atoms with Crippen LogP contribution in [-0.2, 0) is 4.74 Å². The predicted octanol–water partition coefficient (Wildman–Crippen LogP) is 3.71. The summed E-state index contributed by atoms with van der Waals surface area (Å²) in [5.74, 6) is 0.584. The molecule has 2 N–H and O–H groups in total. The summed E-state index contributed by atoms with van der Waals surface area (Å²) in [6, 6.07) is 4.83. The Hall–Kier alpha value is -0.980. The number of benzene rings is 1. The number of hydrogen-bond donors (Lipinski definition) is 1. The molecule has 0 aliphatic rings. The Labute approximate surface area is 120 Å². The molecule has 0 heterocycles. The molecule has 0 aliphatic carbocycles. The molecule has 0 aromatic heterocycles. The number of ether oxygens (including phenoxy) is 2. The highest BCUT2D eigenvalue weighted by Gasteiger charge is 2.27. The summed E-state index contributed by atoms with van der Waals surface area (Å²) in [5.41, 5.74) is 6.55. The molecule has 3 nitrogen and oxygen atoms in total. The third kappa shape index (κ3) is 6.45. The number of nitrogens with two attached hydrogens (primary N) is 1. The molecular weight excluding hydrogens is 295 g/mol. The van der Waals surface area contributed by atoms with Gasteiger partial charge in [-0.15, -0.1) is 0 Å². The Morgan fingerprint density at radius 1 is 1.30 bits per heavy atom. The zero-order valence-corrected chi connectivity index (χ0v) is 11.8. The van der Waals surface area contributed by atoms with Crippen LogP contribution in [0.5, 0.6) is 5.75 Å². The molecule has 0 radical (unpaired) electrons. The van der Waals surface area contributed by atoms with E-state index in [1.807, 2.05) is 0 Å². The molecule has 1 rings (SSSR count). The van der Waals surface area contributed by atoms with E-state index in [9.17, 15) is 13.2 Å². The fourth-order valence-corrected chi connectivity index (χ4v) is 1.72. The van der Waals surface area contributed by atoms with Crippen LogP contribution in [0.3, 0.4) is 0 Å². The maximum atomic E-state index is 11.8. The van der Waals surface area contributed by atoms with Gasteiger partial charge in [-0.2, -0.15) is 13.2 Å². The molecule has 1 unspecified atom stereocenters. The first kappa shape index (κ1) is 17.1. The number of alkyl halides is 3. The van der Waals surface area contributed by atoms with Crippen molar-refractivity contribution in [2.45, 2.75) is 25.6 Å². The lowest BCUT2D eigenvalue weighted by Crippen LogP contribution is -2.18. The number of rotatable bonds is 7. The van der Waals surface area contributed by atoms with Gasteiger partial charge in [-0.05, 0) is 25.1 Å². The van der Waals surface area contributed by atoms with Crippen molar-refractivity contribution in [2.75, 3.05) is 19.8 Å². The Morgan fingerprint density at radius 3 is 2.60 bits per heavy atom. The first-order valence-electron chi connectivity index (χ1n) is 6.12. The molecule has 114 valence electrons. The van der Waals surface area contributed by atoms with E-state index in [-0.39, 0.29) is 19.3 Å². The predicted molar refractivity (Wildman–Crippen MR) is 71.0 cm³/mol. The van der Waals surface area contributed by atoms with E-state index in [2.05, 4.69) is 4.74 Å². The lowest BCUT2D eigenvalue weighted by molar-refractivity contribution is -0.174. The van der Waals surface area contributed by atoms with Gasteiger partial charge in [0.1, 0.15) is 12.4 Å². The van der Waals surface area contributed by atoms with Crippen molar-refractivity contribution in [1.82, 2.24) is 0 Å². The monoisotopic (exact) mass is 311 g/mol. The second-order valence-electron chi connectivity index (χ2n) is 4.34. The normalized spacial score (nSPS) is 13.3. The maximum absolute atomic E-state index is 11.8. The van der Waals surface area contributed by atoms with E-state index in [4.69, 9.17) is 22.1 Å². The summed E-state index contributed by atoms with van der Waals surface area (Å²) in [4.78, 5) is 0. The van der Waals surface area contributed by atoms with Gasteiger partial charge in [0, 0.05) is 23.0 Å². The van der Waals surface area contributed by atoms with Gasteiger partial charge in [0.25, 0.3) is 0 Å². The molecule has 0 fully saturated rings. The second-order valence-corrected chi connectivity index (χ2v) is 4.78. The Morgan fingerprint density at radius 2 is 2.00 bits per heavy atom. The van der Waals surface area contributed by atoms with Gasteiger partial charge in [-0.3, -0.25) is 0 Å². The molecule has 0 saturated heterocycles. The van der Waals surface area contributed by atoms with Crippen molar-refractivity contribution >= 4 is 11.6 Å². The first-order chi connectivity index (χ1) is 9.29. The van der Waals surface area contributed by atoms with Gasteiger partial charge in [0.2, 0.25) is 0 Å². The number of hydrogen-bond acceptors (Lipinski definition) is 3. The molecule has 0 bridgehead atoms. The molecule has 0 aliphatic heterocycles. The van der Waals surface area contributed by atoms with E-state index in [0.717, 1.165) is 5.56 Å². The summed E-state index contributed by atoms with van der Waals surface area (Å²) in [6.45, 7) is 0.795. The molecular formula is C13H17ClF3NO2. The fraction of sp³-hybridized carbons (Fsp3) is 0.538. The first-order valence-corrected chi connectivity index (χ1v) is 6.49. The van der Waals surface area contributed by atoms with Crippen LogP contribution in [0.2, 0.25) is 5.02 Å². The lowest BCUT2D eigenvalue weighted by Gasteiger charge is -2.14. The summed E-state index contributed by atoms with van der Waals surface area (Å²) in [7, 11) is 0. The van der Waals surface area contributed by atoms with Crippen LogP contribution in [0, 0.1) is 0 Å². The zero-order chi connectivity index (χ0) is 15.2. The molecule has 1 aromatic carbocycles. The number of halogens is 4. The lowest BCUT2D eigenvalue weighted by atomic mass is 10.1. The summed E-state index contributed by atoms with van der Waals surface area (Å²) in [6.07, 6.45) is -3.93. The largest absolute Gasteiger partial charge is 0.493 e. The SMILES string of the molecule is CC(N)c1cc(Cl)ccc1OCCCOCC(F)(F)F. The minimum atomic E-state index is -4.29. The summed E-state index contributed by atoms with van der Waals surface area (Å²) in [5, 5.41) is 0.554. The van der Waals surface area contributed by atoms with Crippen LogP contribution in [0.1, 0.15) is 24.9 Å². The second kappa shape index (κ2) is 7.71. The quantitative estimate of drug-likeness (QED) is 0.781. The van der Waals surface area contributed by atoms with Crippen molar-refractivity contribution in [2.24, 2.45) is 5.73 Å². The van der Waals surface area contributed by atoms with Crippen LogP contribution >= 0.6 is 11.6 Å². The van der Waals surface area contributed by atoms with Crippen molar-refractivity contribution in [3.05, 3.63) is 28.8 Å². The maximum Gasteiger partial charge on any atom is 0.411 e. The summed E-state index contributed by atoms with van der Waals surface area (Å²) >= 11 is 5.87. The average molecular weight is 312 g/mol. The minimum absolute atomic E-state index is 0.0133. The van der Waals surface area contributed by atoms with Crippen LogP contribution < -0.4 is 10.5 Å². The highest BCUT2D eigenvalue weighted by molar-refractivity contribution is 6.30. The fourth-order valence-electron chi connectivity index (χ4n) is 1.54. The van der Waals surface area contributed by atoms with Crippen LogP contribution in [0.4, 0.5) is 13.2 Å². The van der Waals surface area contributed by atoms with Gasteiger partial charge in [-0.25, -0.2) is 0 Å². The van der Waals surface area contributed by atoms with Crippen molar-refractivity contribution in [3.63, 3.8) is 0 Å². The summed E-state index contributed by atoms with van der Waals surface area (Å²) < 4.78 is 45.4. The molecule has 20 heavy (non-hydrogen) atoms. The highest BCUT2D eigenvalue weighted by atomic mass is 35.5. The van der Waals surface area contributed by atoms with E-state index in [0.29, 0.717) is 17.2 Å². The van der Waals surface area contributed by atoms with Gasteiger partial charge in [0.15, 0.2) is 0 Å². The van der Waals surface area contributed by atoms with Crippen LogP contribution in [0.15, 0.2) is 18.2 Å². The van der Waals surface area contributed by atoms with Gasteiger partial charge in [-0.1, -0.05) is 11.6 Å². The van der Waals surface area contributed by atoms with Crippen LogP contribution in [-0.4, -0.2) is 26.0 Å². The Kier molecular flexibility index (Phi) is 6.58. The van der Waals surface area contributed by atoms with Gasteiger partial charge < -0.3 is 15.2 Å². The van der Waals surface area contributed by atoms with Gasteiger partial charge >= 0.3 is 6.18 Å². The van der Waals surface area contributed by atoms with Crippen molar-refractivity contribution < 1.29 is 22.6 Å².